The molecule has 0 saturated heterocycles. The van der Waals surface area contributed by atoms with E-state index in [9.17, 15) is 4.79 Å². The summed E-state index contributed by atoms with van der Waals surface area (Å²) in [6, 6.07) is 0. The molecule has 0 radical (unpaired) electrons. The van der Waals surface area contributed by atoms with Crippen LogP contribution in [0.2, 0.25) is 0 Å². The Kier molecular flexibility index (Phi) is 3.35. The lowest BCUT2D eigenvalue weighted by molar-refractivity contribution is -0.178. The van der Waals surface area contributed by atoms with Crippen LogP contribution in [0.5, 0.6) is 0 Å². The van der Waals surface area contributed by atoms with Crippen LogP contribution < -0.4 is 0 Å². The van der Waals surface area contributed by atoms with Gasteiger partial charge in [-0.25, -0.2) is 0 Å². The molecule has 5 unspecified atom stereocenters. The number of hydrogen-bond acceptors (Lipinski definition) is 3. The van der Waals surface area contributed by atoms with Gasteiger partial charge in [-0.05, 0) is 69.6 Å². The van der Waals surface area contributed by atoms with E-state index in [1.165, 1.54) is 19.3 Å². The summed E-state index contributed by atoms with van der Waals surface area (Å²) in [7, 11) is 0. The maximum Gasteiger partial charge on any atom is 0.311 e. The first-order chi connectivity index (χ1) is 8.69. The van der Waals surface area contributed by atoms with Crippen molar-refractivity contribution in [3.8, 4) is 0 Å². The molecule has 0 amide bonds. The average Bonchev–Trinajstić information content (AvgIpc) is 3.01. The second-order valence-electron chi connectivity index (χ2n) is 6.29. The Morgan fingerprint density at radius 1 is 1.17 bits per heavy atom. The highest BCUT2D eigenvalue weighted by molar-refractivity contribution is 5.73. The third-order valence-corrected chi connectivity index (χ3v) is 5.40. The molecule has 0 aromatic heterocycles. The Morgan fingerprint density at radius 3 is 2.33 bits per heavy atom. The van der Waals surface area contributed by atoms with Crippen LogP contribution in [0.15, 0.2) is 0 Å². The molecule has 3 heteroatoms. The summed E-state index contributed by atoms with van der Waals surface area (Å²) in [4.78, 5) is 12.1. The summed E-state index contributed by atoms with van der Waals surface area (Å²) in [5.74, 6) is 3.60. The first kappa shape index (κ1) is 12.5. The normalized spacial score (nSPS) is 42.9. The van der Waals surface area contributed by atoms with E-state index in [0.717, 1.165) is 36.5 Å². The molecule has 0 aromatic carbocycles. The summed E-state index contributed by atoms with van der Waals surface area (Å²) in [6.45, 7) is 4.32. The number of ether oxygens (including phenoxy) is 2. The number of fused-ring (bicyclic) bond motifs is 5. The third kappa shape index (κ3) is 2.07. The molecule has 5 atom stereocenters. The van der Waals surface area contributed by atoms with E-state index in [0.29, 0.717) is 6.61 Å². The number of rotatable bonds is 4. The zero-order chi connectivity index (χ0) is 12.7. The molecule has 0 heterocycles. The molecule has 2 bridgehead atoms. The molecule has 3 aliphatic carbocycles. The fourth-order valence-electron chi connectivity index (χ4n) is 4.74. The molecule has 0 aliphatic heterocycles. The average molecular weight is 252 g/mol. The highest BCUT2D eigenvalue weighted by Crippen LogP contribution is 2.60. The van der Waals surface area contributed by atoms with Crippen LogP contribution in [0, 0.1) is 29.6 Å². The zero-order valence-corrected chi connectivity index (χ0v) is 11.4. The van der Waals surface area contributed by atoms with E-state index in [1.807, 2.05) is 6.92 Å². The first-order valence-electron chi connectivity index (χ1n) is 7.51. The summed E-state index contributed by atoms with van der Waals surface area (Å²) < 4.78 is 10.6. The van der Waals surface area contributed by atoms with Gasteiger partial charge < -0.3 is 9.47 Å². The van der Waals surface area contributed by atoms with Gasteiger partial charge in [-0.2, -0.15) is 0 Å². The van der Waals surface area contributed by atoms with Gasteiger partial charge in [-0.3, -0.25) is 4.79 Å². The van der Waals surface area contributed by atoms with Gasteiger partial charge in [0.05, 0.1) is 5.92 Å². The highest BCUT2D eigenvalue weighted by Gasteiger charge is 2.53. The number of carbonyl (C=O) groups is 1. The summed E-state index contributed by atoms with van der Waals surface area (Å²) in [5.41, 5.74) is 0. The van der Waals surface area contributed by atoms with Crippen molar-refractivity contribution in [3.63, 3.8) is 0 Å². The molecule has 3 fully saturated rings. The second-order valence-corrected chi connectivity index (χ2v) is 6.29. The van der Waals surface area contributed by atoms with Crippen molar-refractivity contribution in [2.45, 2.75) is 52.2 Å². The molecule has 0 N–H and O–H groups in total. The molecule has 18 heavy (non-hydrogen) atoms. The van der Waals surface area contributed by atoms with Crippen LogP contribution in [-0.4, -0.2) is 18.9 Å². The highest BCUT2D eigenvalue weighted by atomic mass is 16.7. The standard InChI is InChI=1S/C15H24O3/c1-3-17-9(2)18-15(16)12-7-13-10-4-5-11(6-10)14(13)8-12/h9-14H,3-8H2,1-2H3. The molecule has 3 rings (SSSR count). The van der Waals surface area contributed by atoms with E-state index in [-0.39, 0.29) is 18.2 Å². The predicted octanol–water partition coefficient (Wildman–Crippen LogP) is 2.98. The fourth-order valence-corrected chi connectivity index (χ4v) is 4.74. The van der Waals surface area contributed by atoms with E-state index < -0.39 is 0 Å². The van der Waals surface area contributed by atoms with Gasteiger partial charge in [0.2, 0.25) is 0 Å². The van der Waals surface area contributed by atoms with Gasteiger partial charge in [0.1, 0.15) is 0 Å². The smallest absolute Gasteiger partial charge is 0.311 e. The zero-order valence-electron chi connectivity index (χ0n) is 11.4. The van der Waals surface area contributed by atoms with Crippen molar-refractivity contribution < 1.29 is 14.3 Å². The van der Waals surface area contributed by atoms with Gasteiger partial charge in [0.25, 0.3) is 0 Å². The van der Waals surface area contributed by atoms with Crippen LogP contribution >= 0.6 is 0 Å². The molecule has 3 nitrogen and oxygen atoms in total. The largest absolute Gasteiger partial charge is 0.436 e. The van der Waals surface area contributed by atoms with Crippen molar-refractivity contribution in [2.24, 2.45) is 29.6 Å². The molecule has 0 spiro atoms. The minimum Gasteiger partial charge on any atom is -0.436 e. The van der Waals surface area contributed by atoms with E-state index in [2.05, 4.69) is 0 Å². The Morgan fingerprint density at radius 2 is 1.78 bits per heavy atom. The Bertz CT molecular complexity index is 310. The third-order valence-electron chi connectivity index (χ3n) is 5.40. The van der Waals surface area contributed by atoms with Crippen LogP contribution in [0.1, 0.15) is 46.0 Å². The minimum atomic E-state index is -0.389. The molecule has 3 saturated carbocycles. The minimum absolute atomic E-state index is 0.0234. The van der Waals surface area contributed by atoms with E-state index in [1.54, 1.807) is 6.92 Å². The summed E-state index contributed by atoms with van der Waals surface area (Å²) in [6.07, 6.45) is 6.01. The lowest BCUT2D eigenvalue weighted by Gasteiger charge is -2.23. The lowest BCUT2D eigenvalue weighted by atomic mass is 9.82. The van der Waals surface area contributed by atoms with Gasteiger partial charge in [0.15, 0.2) is 6.29 Å². The van der Waals surface area contributed by atoms with Crippen molar-refractivity contribution in [2.75, 3.05) is 6.61 Å². The topological polar surface area (TPSA) is 35.5 Å². The first-order valence-corrected chi connectivity index (χ1v) is 7.51. The number of carbonyl (C=O) groups excluding carboxylic acids is 1. The fraction of sp³-hybridized carbons (Fsp3) is 0.933. The van der Waals surface area contributed by atoms with Gasteiger partial charge >= 0.3 is 5.97 Å². The summed E-state index contributed by atoms with van der Waals surface area (Å²) in [5, 5.41) is 0. The maximum absolute atomic E-state index is 12.1. The monoisotopic (exact) mass is 252 g/mol. The van der Waals surface area contributed by atoms with Gasteiger partial charge in [-0.15, -0.1) is 0 Å². The Balaban J connectivity index is 1.55. The molecular formula is C15H24O3. The predicted molar refractivity (Wildman–Crippen MR) is 67.7 cm³/mol. The van der Waals surface area contributed by atoms with Crippen molar-refractivity contribution in [1.29, 1.82) is 0 Å². The Hall–Kier alpha value is -0.570. The van der Waals surface area contributed by atoms with E-state index >= 15 is 0 Å². The van der Waals surface area contributed by atoms with Gasteiger partial charge in [0, 0.05) is 6.61 Å². The van der Waals surface area contributed by atoms with Crippen LogP contribution in [0.25, 0.3) is 0 Å². The van der Waals surface area contributed by atoms with Crippen molar-refractivity contribution in [1.82, 2.24) is 0 Å². The summed E-state index contributed by atoms with van der Waals surface area (Å²) >= 11 is 0. The Labute approximate surface area is 109 Å². The van der Waals surface area contributed by atoms with Crippen LogP contribution in [-0.2, 0) is 14.3 Å². The van der Waals surface area contributed by atoms with Crippen LogP contribution in [0.4, 0.5) is 0 Å². The quantitative estimate of drug-likeness (QED) is 0.570. The van der Waals surface area contributed by atoms with Crippen molar-refractivity contribution >= 4 is 5.97 Å². The van der Waals surface area contributed by atoms with Gasteiger partial charge in [-0.1, -0.05) is 0 Å². The molecule has 102 valence electrons. The second kappa shape index (κ2) is 4.84. The maximum atomic E-state index is 12.1. The molecule has 3 aliphatic rings. The SMILES string of the molecule is CCOC(C)OC(=O)C1CC2C3CCC(C3)C2C1. The van der Waals surface area contributed by atoms with Crippen LogP contribution in [0.3, 0.4) is 0 Å². The lowest BCUT2D eigenvalue weighted by Crippen LogP contribution is -2.23. The molecule has 0 aromatic rings. The number of hydrogen-bond donors (Lipinski definition) is 0. The number of esters is 1. The van der Waals surface area contributed by atoms with E-state index in [4.69, 9.17) is 9.47 Å². The van der Waals surface area contributed by atoms with Crippen molar-refractivity contribution in [3.05, 3.63) is 0 Å². The molecular weight excluding hydrogens is 228 g/mol.